The van der Waals surface area contributed by atoms with Gasteiger partial charge in [0.1, 0.15) is 5.39 Å². The molecule has 1 aromatic carbocycles. The van der Waals surface area contributed by atoms with Crippen LogP contribution >= 0.6 is 0 Å². The van der Waals surface area contributed by atoms with Crippen molar-refractivity contribution in [3.8, 4) is 5.69 Å². The number of carbonyl (C=O) groups is 1. The van der Waals surface area contributed by atoms with E-state index >= 15 is 0 Å². The quantitative estimate of drug-likeness (QED) is 0.711. The predicted octanol–water partition coefficient (Wildman–Crippen LogP) is 2.23. The van der Waals surface area contributed by atoms with E-state index in [2.05, 4.69) is 17.0 Å². The number of carbonyl (C=O) groups excluding carboxylic acids is 1. The van der Waals surface area contributed by atoms with Crippen LogP contribution in [0.2, 0.25) is 0 Å². The van der Waals surface area contributed by atoms with Crippen molar-refractivity contribution in [1.82, 2.24) is 24.2 Å². The van der Waals surface area contributed by atoms with Crippen molar-refractivity contribution in [2.24, 2.45) is 5.92 Å². The number of nitrogens with zero attached hydrogens (tertiary/aromatic N) is 5. The minimum atomic E-state index is -0.165. The minimum absolute atomic E-state index is 0.105. The van der Waals surface area contributed by atoms with Gasteiger partial charge in [-0.25, -0.2) is 9.67 Å². The van der Waals surface area contributed by atoms with Crippen LogP contribution in [0.4, 0.5) is 0 Å². The Kier molecular flexibility index (Phi) is 4.75. The first-order valence-electron chi connectivity index (χ1n) is 9.40. The molecule has 7 heteroatoms. The second-order valence-electron chi connectivity index (χ2n) is 7.19. The van der Waals surface area contributed by atoms with Crippen LogP contribution in [0.15, 0.2) is 47.7 Å². The molecule has 4 rings (SSSR count). The Balaban J connectivity index is 1.51. The van der Waals surface area contributed by atoms with E-state index in [0.717, 1.165) is 31.6 Å². The smallest absolute Gasteiger partial charge is 0.264 e. The summed E-state index contributed by atoms with van der Waals surface area (Å²) in [7, 11) is 0. The summed E-state index contributed by atoms with van der Waals surface area (Å²) < 4.78 is 3.16. The summed E-state index contributed by atoms with van der Waals surface area (Å²) in [6, 6.07) is 9.58. The first-order valence-corrected chi connectivity index (χ1v) is 9.40. The van der Waals surface area contributed by atoms with Crippen LogP contribution in [0.25, 0.3) is 16.7 Å². The van der Waals surface area contributed by atoms with Crippen LogP contribution in [-0.2, 0) is 11.3 Å². The Morgan fingerprint density at radius 1 is 1.19 bits per heavy atom. The molecule has 27 heavy (non-hydrogen) atoms. The van der Waals surface area contributed by atoms with Crippen molar-refractivity contribution < 1.29 is 4.79 Å². The van der Waals surface area contributed by atoms with Crippen LogP contribution in [0, 0.1) is 5.92 Å². The van der Waals surface area contributed by atoms with Gasteiger partial charge in [0.25, 0.3) is 5.56 Å². The summed E-state index contributed by atoms with van der Waals surface area (Å²) >= 11 is 0. The van der Waals surface area contributed by atoms with E-state index in [9.17, 15) is 9.59 Å². The van der Waals surface area contributed by atoms with E-state index in [0.29, 0.717) is 29.9 Å². The molecule has 0 bridgehead atoms. The predicted molar refractivity (Wildman–Crippen MR) is 103 cm³/mol. The average Bonchev–Trinajstić information content (AvgIpc) is 3.13. The Labute approximate surface area is 157 Å². The van der Waals surface area contributed by atoms with Gasteiger partial charge in [-0.05, 0) is 30.9 Å². The largest absolute Gasteiger partial charge is 0.343 e. The standard InChI is InChI=1S/C20H23N5O2/c1-15-7-10-23(11-8-15)18(26)9-12-24-14-21-19-17(20(24)27)13-22-25(19)16-5-3-2-4-6-16/h2-6,13-15H,7-12H2,1H3. The molecule has 1 aliphatic rings. The van der Waals surface area contributed by atoms with E-state index in [1.807, 2.05) is 35.2 Å². The van der Waals surface area contributed by atoms with Crippen molar-refractivity contribution in [2.45, 2.75) is 32.7 Å². The Morgan fingerprint density at radius 2 is 1.93 bits per heavy atom. The van der Waals surface area contributed by atoms with Crippen molar-refractivity contribution in [2.75, 3.05) is 13.1 Å². The molecular weight excluding hydrogens is 342 g/mol. The second kappa shape index (κ2) is 7.34. The summed E-state index contributed by atoms with van der Waals surface area (Å²) in [6.45, 7) is 4.19. The molecule has 0 unspecified atom stereocenters. The van der Waals surface area contributed by atoms with Crippen LogP contribution < -0.4 is 5.56 Å². The lowest BCUT2D eigenvalue weighted by Gasteiger charge is -2.30. The summed E-state index contributed by atoms with van der Waals surface area (Å²) in [5.41, 5.74) is 1.22. The van der Waals surface area contributed by atoms with Gasteiger partial charge in [0.05, 0.1) is 18.2 Å². The normalized spacial score (nSPS) is 15.4. The van der Waals surface area contributed by atoms with Crippen LogP contribution in [0.3, 0.4) is 0 Å². The van der Waals surface area contributed by atoms with E-state index in [4.69, 9.17) is 0 Å². The first kappa shape index (κ1) is 17.5. The maximum Gasteiger partial charge on any atom is 0.264 e. The highest BCUT2D eigenvalue weighted by molar-refractivity contribution is 5.76. The highest BCUT2D eigenvalue weighted by atomic mass is 16.2. The number of rotatable bonds is 4. The molecule has 0 spiro atoms. The van der Waals surface area contributed by atoms with Gasteiger partial charge >= 0.3 is 0 Å². The van der Waals surface area contributed by atoms with Gasteiger partial charge in [-0.15, -0.1) is 0 Å². The number of para-hydroxylation sites is 1. The maximum atomic E-state index is 12.7. The third-order valence-corrected chi connectivity index (χ3v) is 5.26. The van der Waals surface area contributed by atoms with Crippen molar-refractivity contribution in [1.29, 1.82) is 0 Å². The summed E-state index contributed by atoms with van der Waals surface area (Å²) in [5, 5.41) is 4.77. The van der Waals surface area contributed by atoms with Crippen molar-refractivity contribution >= 4 is 16.9 Å². The molecule has 140 valence electrons. The van der Waals surface area contributed by atoms with Crippen molar-refractivity contribution in [3.05, 3.63) is 53.2 Å². The number of fused-ring (bicyclic) bond motifs is 1. The fraction of sp³-hybridized carbons (Fsp3) is 0.400. The fourth-order valence-electron chi connectivity index (χ4n) is 3.50. The topological polar surface area (TPSA) is 73.0 Å². The molecule has 1 aliphatic heterocycles. The number of hydrogen-bond donors (Lipinski definition) is 0. The zero-order valence-corrected chi connectivity index (χ0v) is 15.4. The zero-order valence-electron chi connectivity index (χ0n) is 15.4. The van der Waals surface area contributed by atoms with Gasteiger partial charge in [0.2, 0.25) is 5.91 Å². The summed E-state index contributed by atoms with van der Waals surface area (Å²) in [6.07, 6.45) is 5.48. The fourth-order valence-corrected chi connectivity index (χ4v) is 3.50. The van der Waals surface area contributed by atoms with Crippen molar-refractivity contribution in [3.63, 3.8) is 0 Å². The minimum Gasteiger partial charge on any atom is -0.343 e. The highest BCUT2D eigenvalue weighted by Gasteiger charge is 2.20. The van der Waals surface area contributed by atoms with Gasteiger partial charge in [0.15, 0.2) is 5.65 Å². The molecule has 1 saturated heterocycles. The third-order valence-electron chi connectivity index (χ3n) is 5.26. The second-order valence-corrected chi connectivity index (χ2v) is 7.19. The Morgan fingerprint density at radius 3 is 2.67 bits per heavy atom. The van der Waals surface area contributed by atoms with E-state index in [1.165, 1.54) is 10.9 Å². The molecule has 1 fully saturated rings. The van der Waals surface area contributed by atoms with Crippen LogP contribution in [0.1, 0.15) is 26.2 Å². The lowest BCUT2D eigenvalue weighted by atomic mass is 9.99. The molecule has 0 aliphatic carbocycles. The van der Waals surface area contributed by atoms with E-state index < -0.39 is 0 Å². The van der Waals surface area contributed by atoms with Gasteiger partial charge in [-0.3, -0.25) is 14.2 Å². The van der Waals surface area contributed by atoms with E-state index in [-0.39, 0.29) is 11.5 Å². The molecule has 7 nitrogen and oxygen atoms in total. The van der Waals surface area contributed by atoms with Crippen LogP contribution in [-0.4, -0.2) is 43.2 Å². The number of aryl methyl sites for hydroxylation is 1. The summed E-state index contributed by atoms with van der Waals surface area (Å²) in [5.74, 6) is 0.790. The van der Waals surface area contributed by atoms with Gasteiger partial charge in [-0.2, -0.15) is 5.10 Å². The maximum absolute atomic E-state index is 12.7. The molecule has 0 saturated carbocycles. The molecule has 3 aromatic rings. The molecule has 0 radical (unpaired) electrons. The number of likely N-dealkylation sites (tertiary alicyclic amines) is 1. The van der Waals surface area contributed by atoms with Gasteiger partial charge < -0.3 is 4.90 Å². The number of benzene rings is 1. The molecule has 1 amide bonds. The molecule has 3 heterocycles. The molecule has 2 aromatic heterocycles. The highest BCUT2D eigenvalue weighted by Crippen LogP contribution is 2.17. The van der Waals surface area contributed by atoms with E-state index in [1.54, 1.807) is 10.9 Å². The Hall–Kier alpha value is -2.96. The molecule has 0 N–H and O–H groups in total. The lowest BCUT2D eigenvalue weighted by Crippen LogP contribution is -2.38. The van der Waals surface area contributed by atoms with Gasteiger partial charge in [0, 0.05) is 26.1 Å². The molecular formula is C20H23N5O2. The zero-order chi connectivity index (χ0) is 18.8. The average molecular weight is 365 g/mol. The van der Waals surface area contributed by atoms with Crippen LogP contribution in [0.5, 0.6) is 0 Å². The summed E-state index contributed by atoms with van der Waals surface area (Å²) in [4.78, 5) is 31.5. The first-order chi connectivity index (χ1) is 13.1. The Bertz CT molecular complexity index is 1000. The SMILES string of the molecule is CC1CCN(C(=O)CCn2cnc3c(cnn3-c3ccccc3)c2=O)CC1. The number of amides is 1. The third kappa shape index (κ3) is 3.49. The number of aromatic nitrogens is 4. The van der Waals surface area contributed by atoms with Gasteiger partial charge in [-0.1, -0.05) is 25.1 Å². The number of piperidine rings is 1. The monoisotopic (exact) mass is 365 g/mol. The lowest BCUT2D eigenvalue weighted by molar-refractivity contribution is -0.132. The molecule has 0 atom stereocenters. The number of hydrogen-bond acceptors (Lipinski definition) is 4.